The highest BCUT2D eigenvalue weighted by atomic mass is 127. The van der Waals surface area contributed by atoms with Crippen molar-refractivity contribution < 1.29 is 9.18 Å². The molecule has 0 unspecified atom stereocenters. The summed E-state index contributed by atoms with van der Waals surface area (Å²) in [5.74, 6) is -0.399. The molecule has 4 heteroatoms. The third-order valence-electron chi connectivity index (χ3n) is 1.39. The number of rotatable bonds is 1. The summed E-state index contributed by atoms with van der Waals surface area (Å²) < 4.78 is 13.8. The molecule has 0 fully saturated rings. The van der Waals surface area contributed by atoms with E-state index >= 15 is 0 Å². The molecule has 0 saturated heterocycles. The van der Waals surface area contributed by atoms with Crippen molar-refractivity contribution in [1.29, 1.82) is 0 Å². The standard InChI is InChI=1S/C8H5BrFIO/c1-4(12)5-2-6(9)7(10)3-8(5)11/h2-3H,1H3. The predicted octanol–water partition coefficient (Wildman–Crippen LogP) is 3.40. The highest BCUT2D eigenvalue weighted by molar-refractivity contribution is 14.1. The Labute approximate surface area is 91.6 Å². The second kappa shape index (κ2) is 3.83. The molecule has 1 nitrogen and oxygen atoms in total. The van der Waals surface area contributed by atoms with Gasteiger partial charge in [0.25, 0.3) is 0 Å². The molecule has 12 heavy (non-hydrogen) atoms. The van der Waals surface area contributed by atoms with Gasteiger partial charge in [0.1, 0.15) is 5.82 Å². The molecular formula is C8H5BrFIO. The molecule has 0 spiro atoms. The minimum atomic E-state index is -0.343. The Balaban J connectivity index is 3.33. The lowest BCUT2D eigenvalue weighted by atomic mass is 10.1. The molecule has 0 amide bonds. The molecule has 0 aliphatic rings. The molecule has 0 aliphatic heterocycles. The maximum atomic E-state index is 12.9. The van der Waals surface area contributed by atoms with E-state index in [1.54, 1.807) is 0 Å². The minimum absolute atomic E-state index is 0.0555. The largest absolute Gasteiger partial charge is 0.294 e. The van der Waals surface area contributed by atoms with Gasteiger partial charge in [0.05, 0.1) is 4.47 Å². The summed E-state index contributed by atoms with van der Waals surface area (Å²) in [6.45, 7) is 1.46. The monoisotopic (exact) mass is 342 g/mol. The number of hydrogen-bond acceptors (Lipinski definition) is 1. The van der Waals surface area contributed by atoms with Crippen LogP contribution in [0.2, 0.25) is 0 Å². The molecule has 0 heterocycles. The van der Waals surface area contributed by atoms with E-state index in [1.807, 2.05) is 22.6 Å². The normalized spacial score (nSPS) is 10.0. The summed E-state index contributed by atoms with van der Waals surface area (Å²) in [5, 5.41) is 0. The van der Waals surface area contributed by atoms with Gasteiger partial charge >= 0.3 is 0 Å². The van der Waals surface area contributed by atoms with Crippen LogP contribution in [-0.2, 0) is 0 Å². The first kappa shape index (κ1) is 10.1. The fourth-order valence-corrected chi connectivity index (χ4v) is 1.94. The zero-order chi connectivity index (χ0) is 9.30. The molecule has 0 aliphatic carbocycles. The van der Waals surface area contributed by atoms with Crippen LogP contribution in [0.3, 0.4) is 0 Å². The zero-order valence-electron chi connectivity index (χ0n) is 6.20. The number of Topliss-reactive ketones (excluding diaryl/α,β-unsaturated/α-hetero) is 1. The molecule has 0 saturated carbocycles. The van der Waals surface area contributed by atoms with Crippen LogP contribution in [0.5, 0.6) is 0 Å². The van der Waals surface area contributed by atoms with Crippen LogP contribution in [0.25, 0.3) is 0 Å². The predicted molar refractivity (Wildman–Crippen MR) is 56.8 cm³/mol. The van der Waals surface area contributed by atoms with Gasteiger partial charge in [0.2, 0.25) is 0 Å². The number of benzene rings is 1. The van der Waals surface area contributed by atoms with Crippen molar-refractivity contribution in [3.05, 3.63) is 31.6 Å². The Morgan fingerprint density at radius 1 is 1.58 bits per heavy atom. The highest BCUT2D eigenvalue weighted by Gasteiger charge is 2.09. The smallest absolute Gasteiger partial charge is 0.160 e. The Hall–Kier alpha value is 0.0300. The first-order chi connectivity index (χ1) is 5.52. The third-order valence-corrected chi connectivity index (χ3v) is 2.89. The summed E-state index contributed by atoms with van der Waals surface area (Å²) >= 11 is 4.95. The van der Waals surface area contributed by atoms with Crippen LogP contribution in [0.15, 0.2) is 16.6 Å². The van der Waals surface area contributed by atoms with Crippen LogP contribution in [0, 0.1) is 9.39 Å². The van der Waals surface area contributed by atoms with E-state index in [0.29, 0.717) is 13.6 Å². The fraction of sp³-hybridized carbons (Fsp3) is 0.125. The van der Waals surface area contributed by atoms with Gasteiger partial charge in [-0.2, -0.15) is 0 Å². The average molecular weight is 343 g/mol. The number of carbonyl (C=O) groups excluding carboxylic acids is 1. The van der Waals surface area contributed by atoms with Crippen molar-refractivity contribution in [2.24, 2.45) is 0 Å². The molecule has 0 bridgehead atoms. The van der Waals surface area contributed by atoms with E-state index in [2.05, 4.69) is 15.9 Å². The Morgan fingerprint density at radius 3 is 2.67 bits per heavy atom. The van der Waals surface area contributed by atoms with Crippen LogP contribution in [-0.4, -0.2) is 5.78 Å². The van der Waals surface area contributed by atoms with E-state index < -0.39 is 0 Å². The zero-order valence-corrected chi connectivity index (χ0v) is 9.94. The highest BCUT2D eigenvalue weighted by Crippen LogP contribution is 2.22. The number of halogens is 3. The van der Waals surface area contributed by atoms with E-state index in [4.69, 9.17) is 0 Å². The van der Waals surface area contributed by atoms with Crippen molar-refractivity contribution >= 4 is 44.3 Å². The number of ketones is 1. The van der Waals surface area contributed by atoms with Crippen molar-refractivity contribution in [1.82, 2.24) is 0 Å². The maximum Gasteiger partial charge on any atom is 0.160 e. The van der Waals surface area contributed by atoms with Gasteiger partial charge in [-0.1, -0.05) is 0 Å². The van der Waals surface area contributed by atoms with Crippen molar-refractivity contribution in [3.63, 3.8) is 0 Å². The fourth-order valence-electron chi connectivity index (χ4n) is 0.792. The molecule has 0 N–H and O–H groups in total. The van der Waals surface area contributed by atoms with Crippen LogP contribution >= 0.6 is 38.5 Å². The quantitative estimate of drug-likeness (QED) is 0.434. The van der Waals surface area contributed by atoms with Gasteiger partial charge in [-0.3, -0.25) is 4.79 Å². The van der Waals surface area contributed by atoms with E-state index in [1.165, 1.54) is 19.1 Å². The SMILES string of the molecule is CC(=O)c1cc(Br)c(F)cc1I. The number of carbonyl (C=O) groups is 1. The topological polar surface area (TPSA) is 17.1 Å². The summed E-state index contributed by atoms with van der Waals surface area (Å²) in [5.41, 5.74) is 0.545. The minimum Gasteiger partial charge on any atom is -0.294 e. The lowest BCUT2D eigenvalue weighted by Crippen LogP contribution is -1.97. The molecule has 0 aromatic heterocycles. The first-order valence-corrected chi connectivity index (χ1v) is 5.05. The lowest BCUT2D eigenvalue weighted by molar-refractivity contribution is 0.101. The van der Waals surface area contributed by atoms with Gasteiger partial charge in [-0.05, 0) is 57.6 Å². The second-order valence-electron chi connectivity index (χ2n) is 2.30. The van der Waals surface area contributed by atoms with Crippen molar-refractivity contribution in [2.45, 2.75) is 6.92 Å². The molecule has 64 valence electrons. The van der Waals surface area contributed by atoms with Gasteiger partial charge < -0.3 is 0 Å². The van der Waals surface area contributed by atoms with Crippen molar-refractivity contribution in [3.8, 4) is 0 Å². The van der Waals surface area contributed by atoms with Crippen LogP contribution in [0.1, 0.15) is 17.3 Å². The molecule has 1 rings (SSSR count). The molecule has 0 atom stereocenters. The summed E-state index contributed by atoms with van der Waals surface area (Å²) in [6, 6.07) is 2.83. The molecule has 1 aromatic carbocycles. The van der Waals surface area contributed by atoms with E-state index in [9.17, 15) is 9.18 Å². The molecule has 1 aromatic rings. The number of hydrogen-bond donors (Lipinski definition) is 0. The Kier molecular flexibility index (Phi) is 3.22. The van der Waals surface area contributed by atoms with E-state index in [-0.39, 0.29) is 11.6 Å². The molecular weight excluding hydrogens is 338 g/mol. The summed E-state index contributed by atoms with van der Waals surface area (Å²) in [4.78, 5) is 11.0. The summed E-state index contributed by atoms with van der Waals surface area (Å²) in [7, 11) is 0. The molecule has 0 radical (unpaired) electrons. The summed E-state index contributed by atoms with van der Waals surface area (Å²) in [6.07, 6.45) is 0. The van der Waals surface area contributed by atoms with Crippen LogP contribution in [0.4, 0.5) is 4.39 Å². The maximum absolute atomic E-state index is 12.9. The van der Waals surface area contributed by atoms with Crippen molar-refractivity contribution in [2.75, 3.05) is 0 Å². The van der Waals surface area contributed by atoms with Gasteiger partial charge in [0, 0.05) is 9.13 Å². The first-order valence-electron chi connectivity index (χ1n) is 3.18. The lowest BCUT2D eigenvalue weighted by Gasteiger charge is -2.01. The Morgan fingerprint density at radius 2 is 2.17 bits per heavy atom. The average Bonchev–Trinajstić information content (AvgIpc) is 1.96. The van der Waals surface area contributed by atoms with Gasteiger partial charge in [-0.25, -0.2) is 4.39 Å². The van der Waals surface area contributed by atoms with Gasteiger partial charge in [0.15, 0.2) is 5.78 Å². The third kappa shape index (κ3) is 2.04. The second-order valence-corrected chi connectivity index (χ2v) is 4.32. The van der Waals surface area contributed by atoms with Gasteiger partial charge in [-0.15, -0.1) is 0 Å². The van der Waals surface area contributed by atoms with Crippen LogP contribution < -0.4 is 0 Å². The Bertz CT molecular complexity index is 338. The van der Waals surface area contributed by atoms with E-state index in [0.717, 1.165) is 0 Å².